The Bertz CT molecular complexity index is 773. The number of hydrogen-bond donors (Lipinski definition) is 0. The lowest BCUT2D eigenvalue weighted by Crippen LogP contribution is -2.30. The summed E-state index contributed by atoms with van der Waals surface area (Å²) >= 11 is 6.00. The number of carbonyl (C=O) groups is 2. The third-order valence-electron chi connectivity index (χ3n) is 5.23. The number of anilines is 2. The summed E-state index contributed by atoms with van der Waals surface area (Å²) in [5.41, 5.74) is 1.46. The Morgan fingerprint density at radius 1 is 0.931 bits per heavy atom. The summed E-state index contributed by atoms with van der Waals surface area (Å²) in [4.78, 5) is 24.8. The van der Waals surface area contributed by atoms with Crippen LogP contribution >= 0.6 is 11.6 Å². The maximum absolute atomic E-state index is 12.9. The first kappa shape index (κ1) is 21.3. The second-order valence-electron chi connectivity index (χ2n) is 7.32. The predicted octanol–water partition coefficient (Wildman–Crippen LogP) is 5.64. The highest BCUT2D eigenvalue weighted by molar-refractivity contribution is 6.30. The molecule has 0 heterocycles. The third-order valence-corrected chi connectivity index (χ3v) is 5.48. The Labute approximate surface area is 176 Å². The van der Waals surface area contributed by atoms with Gasteiger partial charge in [0.1, 0.15) is 12.9 Å². The van der Waals surface area contributed by atoms with Crippen LogP contribution in [0.4, 0.5) is 16.2 Å². The zero-order chi connectivity index (χ0) is 20.5. The van der Waals surface area contributed by atoms with Crippen molar-refractivity contribution < 1.29 is 19.1 Å². The molecule has 2 aromatic rings. The molecule has 0 unspecified atom stereocenters. The van der Waals surface area contributed by atoms with Crippen molar-refractivity contribution in [3.8, 4) is 0 Å². The van der Waals surface area contributed by atoms with Crippen LogP contribution in [-0.4, -0.2) is 32.2 Å². The molecule has 5 nitrogen and oxygen atoms in total. The van der Waals surface area contributed by atoms with Gasteiger partial charge in [-0.05, 0) is 73.9 Å². The second-order valence-corrected chi connectivity index (χ2v) is 7.75. The molecule has 6 heteroatoms. The van der Waals surface area contributed by atoms with E-state index in [2.05, 4.69) is 0 Å². The van der Waals surface area contributed by atoms with Gasteiger partial charge in [-0.2, -0.15) is 0 Å². The molecule has 1 fully saturated rings. The summed E-state index contributed by atoms with van der Waals surface area (Å²) < 4.78 is 11.0. The highest BCUT2D eigenvalue weighted by atomic mass is 35.5. The van der Waals surface area contributed by atoms with Crippen molar-refractivity contribution in [1.29, 1.82) is 0 Å². The zero-order valence-corrected chi connectivity index (χ0v) is 17.1. The molecule has 0 bridgehead atoms. The largest absolute Gasteiger partial charge is 0.449 e. The molecule has 0 N–H and O–H groups in total. The number of amides is 1. The van der Waals surface area contributed by atoms with Gasteiger partial charge in [-0.3, -0.25) is 0 Å². The van der Waals surface area contributed by atoms with Crippen molar-refractivity contribution in [2.75, 3.05) is 24.7 Å². The van der Waals surface area contributed by atoms with E-state index < -0.39 is 6.09 Å². The van der Waals surface area contributed by atoms with Gasteiger partial charge in [-0.25, -0.2) is 9.69 Å². The molecule has 1 aliphatic rings. The van der Waals surface area contributed by atoms with Crippen LogP contribution in [0.15, 0.2) is 54.6 Å². The van der Waals surface area contributed by atoms with Crippen LogP contribution in [0, 0.1) is 11.8 Å². The number of ether oxygens (including phenoxy) is 2. The molecule has 0 aromatic heterocycles. The smallest absolute Gasteiger partial charge is 0.418 e. The zero-order valence-electron chi connectivity index (χ0n) is 16.3. The van der Waals surface area contributed by atoms with Gasteiger partial charge in [0.25, 0.3) is 0 Å². The number of rotatable bonds is 8. The minimum Gasteiger partial charge on any atom is -0.449 e. The Kier molecular flexibility index (Phi) is 8.08. The summed E-state index contributed by atoms with van der Waals surface area (Å²) in [6.45, 7) is 1.19. The van der Waals surface area contributed by atoms with Gasteiger partial charge in [0.15, 0.2) is 0 Å². The second kappa shape index (κ2) is 11.0. The fourth-order valence-electron chi connectivity index (χ4n) is 3.63. The molecule has 1 aliphatic carbocycles. The van der Waals surface area contributed by atoms with Gasteiger partial charge >= 0.3 is 6.09 Å². The Balaban J connectivity index is 1.57. The van der Waals surface area contributed by atoms with Gasteiger partial charge in [0.2, 0.25) is 0 Å². The standard InChI is InChI=1S/C23H26ClNO4/c24-20-10-12-22(13-11-20)25(21-4-2-1-3-5-21)23(27)29-17-19-8-6-18(7-9-19)16-28-15-14-26/h1-5,10-14,18-19H,6-9,15-17H2. The van der Waals surface area contributed by atoms with Crippen LogP contribution in [0.1, 0.15) is 25.7 Å². The first-order valence-electron chi connectivity index (χ1n) is 9.96. The third kappa shape index (κ3) is 6.31. The SMILES string of the molecule is O=CCOCC1CCC(COC(=O)N(c2ccccc2)c2ccc(Cl)cc2)CC1. The fourth-order valence-corrected chi connectivity index (χ4v) is 3.75. The number of halogens is 1. The predicted molar refractivity (Wildman–Crippen MR) is 114 cm³/mol. The summed E-state index contributed by atoms with van der Waals surface area (Å²) in [6.07, 6.45) is 4.43. The topological polar surface area (TPSA) is 55.8 Å². The van der Waals surface area contributed by atoms with E-state index in [-0.39, 0.29) is 6.61 Å². The molecule has 0 aliphatic heterocycles. The average Bonchev–Trinajstić information content (AvgIpc) is 2.76. The molecule has 0 atom stereocenters. The van der Waals surface area contributed by atoms with Crippen LogP contribution in [0.5, 0.6) is 0 Å². The normalized spacial score (nSPS) is 18.8. The Hall–Kier alpha value is -2.37. The molecule has 0 saturated heterocycles. The summed E-state index contributed by atoms with van der Waals surface area (Å²) in [7, 11) is 0. The van der Waals surface area contributed by atoms with Crippen molar-refractivity contribution in [3.63, 3.8) is 0 Å². The molecular weight excluding hydrogens is 390 g/mol. The van der Waals surface area contributed by atoms with E-state index in [1.807, 2.05) is 30.3 Å². The minimum atomic E-state index is -0.394. The van der Waals surface area contributed by atoms with Crippen LogP contribution < -0.4 is 4.90 Å². The molecular formula is C23H26ClNO4. The average molecular weight is 416 g/mol. The molecule has 0 spiro atoms. The van der Waals surface area contributed by atoms with Crippen molar-refractivity contribution in [2.24, 2.45) is 11.8 Å². The number of hydrogen-bond acceptors (Lipinski definition) is 4. The molecule has 0 radical (unpaired) electrons. The van der Waals surface area contributed by atoms with E-state index in [1.54, 1.807) is 29.2 Å². The number of aldehydes is 1. The summed E-state index contributed by atoms with van der Waals surface area (Å²) in [5, 5.41) is 0.615. The van der Waals surface area contributed by atoms with Gasteiger partial charge in [-0.15, -0.1) is 0 Å². The molecule has 3 rings (SSSR count). The van der Waals surface area contributed by atoms with Crippen LogP contribution in [0.2, 0.25) is 5.02 Å². The van der Waals surface area contributed by atoms with E-state index in [1.165, 1.54) is 0 Å². The van der Waals surface area contributed by atoms with Crippen molar-refractivity contribution in [1.82, 2.24) is 0 Å². The number of para-hydroxylation sites is 1. The lowest BCUT2D eigenvalue weighted by molar-refractivity contribution is -0.112. The first-order valence-corrected chi connectivity index (χ1v) is 10.3. The van der Waals surface area contributed by atoms with Gasteiger partial charge in [0, 0.05) is 11.6 Å². The first-order chi connectivity index (χ1) is 14.2. The van der Waals surface area contributed by atoms with E-state index in [4.69, 9.17) is 21.1 Å². The van der Waals surface area contributed by atoms with Crippen LogP contribution in [0.25, 0.3) is 0 Å². The van der Waals surface area contributed by atoms with Crippen LogP contribution in [-0.2, 0) is 14.3 Å². The molecule has 1 saturated carbocycles. The Morgan fingerprint density at radius 2 is 1.52 bits per heavy atom. The summed E-state index contributed by atoms with van der Waals surface area (Å²) in [5.74, 6) is 0.834. The lowest BCUT2D eigenvalue weighted by atomic mass is 9.83. The van der Waals surface area contributed by atoms with Crippen molar-refractivity contribution >= 4 is 35.4 Å². The lowest BCUT2D eigenvalue weighted by Gasteiger charge is -2.29. The highest BCUT2D eigenvalue weighted by Crippen LogP contribution is 2.31. The highest BCUT2D eigenvalue weighted by Gasteiger charge is 2.25. The number of nitrogens with zero attached hydrogens (tertiary/aromatic N) is 1. The van der Waals surface area contributed by atoms with E-state index in [0.29, 0.717) is 35.8 Å². The monoisotopic (exact) mass is 415 g/mol. The maximum atomic E-state index is 12.9. The molecule has 154 valence electrons. The minimum absolute atomic E-state index is 0.164. The van der Waals surface area contributed by atoms with Crippen LogP contribution in [0.3, 0.4) is 0 Å². The van der Waals surface area contributed by atoms with E-state index in [0.717, 1.165) is 37.7 Å². The fraction of sp³-hybridized carbons (Fsp3) is 0.391. The van der Waals surface area contributed by atoms with Gasteiger partial charge in [-0.1, -0.05) is 29.8 Å². The van der Waals surface area contributed by atoms with Crippen molar-refractivity contribution in [3.05, 3.63) is 59.6 Å². The van der Waals surface area contributed by atoms with Crippen molar-refractivity contribution in [2.45, 2.75) is 25.7 Å². The maximum Gasteiger partial charge on any atom is 0.418 e. The molecule has 2 aromatic carbocycles. The number of carbonyl (C=O) groups excluding carboxylic acids is 2. The van der Waals surface area contributed by atoms with Gasteiger partial charge < -0.3 is 14.3 Å². The van der Waals surface area contributed by atoms with E-state index in [9.17, 15) is 9.59 Å². The molecule has 1 amide bonds. The number of benzene rings is 2. The quantitative estimate of drug-likeness (QED) is 0.413. The Morgan fingerprint density at radius 3 is 2.14 bits per heavy atom. The molecule has 29 heavy (non-hydrogen) atoms. The van der Waals surface area contributed by atoms with E-state index >= 15 is 0 Å². The summed E-state index contributed by atoms with van der Waals surface area (Å²) in [6, 6.07) is 16.6. The van der Waals surface area contributed by atoms with Gasteiger partial charge in [0.05, 0.1) is 18.0 Å².